The van der Waals surface area contributed by atoms with Crippen molar-refractivity contribution in [3.05, 3.63) is 29.2 Å². The molecule has 4 rings (SSSR count). The lowest BCUT2D eigenvalue weighted by atomic mass is 9.87. The molecule has 24 heavy (non-hydrogen) atoms. The van der Waals surface area contributed by atoms with Crippen molar-refractivity contribution >= 4 is 11.4 Å². The molecule has 130 valence electrons. The van der Waals surface area contributed by atoms with E-state index in [0.717, 1.165) is 43.0 Å². The number of anilines is 2. The molecule has 3 aliphatic rings. The maximum absolute atomic E-state index is 15.0. The number of ether oxygens (including phenoxy) is 1. The predicted octanol–water partition coefficient (Wildman–Crippen LogP) is 1.82. The van der Waals surface area contributed by atoms with Gasteiger partial charge < -0.3 is 25.0 Å². The number of rotatable bonds is 2. The minimum atomic E-state index is -0.230. The van der Waals surface area contributed by atoms with Crippen LogP contribution in [0.25, 0.3) is 0 Å². The molecule has 1 aromatic rings. The highest BCUT2D eigenvalue weighted by Gasteiger charge is 2.37. The zero-order valence-corrected chi connectivity index (χ0v) is 14.2. The molecular formula is C18H24FN3O2. The Morgan fingerprint density at radius 3 is 2.75 bits per heavy atom. The Kier molecular flexibility index (Phi) is 3.89. The quantitative estimate of drug-likeness (QED) is 0.864. The zero-order chi connectivity index (χ0) is 16.8. The molecule has 0 radical (unpaired) electrons. The van der Waals surface area contributed by atoms with E-state index >= 15 is 4.39 Å². The summed E-state index contributed by atoms with van der Waals surface area (Å²) < 4.78 is 21.0. The molecule has 1 saturated heterocycles. The van der Waals surface area contributed by atoms with Crippen molar-refractivity contribution in [3.63, 3.8) is 0 Å². The highest BCUT2D eigenvalue weighted by Crippen LogP contribution is 2.51. The number of hydrogen-bond donors (Lipinski definition) is 2. The first-order valence-corrected chi connectivity index (χ1v) is 8.66. The summed E-state index contributed by atoms with van der Waals surface area (Å²) in [6.45, 7) is 7.84. The molecule has 3 heterocycles. The van der Waals surface area contributed by atoms with Crippen molar-refractivity contribution in [3.8, 4) is 5.75 Å². The second kappa shape index (κ2) is 5.93. The first-order valence-electron chi connectivity index (χ1n) is 8.66. The molecule has 2 N–H and O–H groups in total. The first kappa shape index (κ1) is 15.7. The fraction of sp³-hybridized carbons (Fsp3) is 0.556. The Morgan fingerprint density at radius 1 is 1.29 bits per heavy atom. The summed E-state index contributed by atoms with van der Waals surface area (Å²) in [4.78, 5) is 4.22. The maximum Gasteiger partial charge on any atom is 0.169 e. The summed E-state index contributed by atoms with van der Waals surface area (Å²) in [6.07, 6.45) is 2.02. The lowest BCUT2D eigenvalue weighted by molar-refractivity contribution is 0.272. The van der Waals surface area contributed by atoms with Crippen LogP contribution in [0.2, 0.25) is 0 Å². The van der Waals surface area contributed by atoms with E-state index in [4.69, 9.17) is 4.74 Å². The number of nitrogens with zero attached hydrogens (tertiary/aromatic N) is 2. The minimum absolute atomic E-state index is 0.0127. The Morgan fingerprint density at radius 2 is 2.04 bits per heavy atom. The van der Waals surface area contributed by atoms with Gasteiger partial charge in [0.1, 0.15) is 12.3 Å². The summed E-state index contributed by atoms with van der Waals surface area (Å²) in [6, 6.07) is 1.80. The average Bonchev–Trinajstić information content (AvgIpc) is 2.60. The molecule has 2 unspecified atom stereocenters. The van der Waals surface area contributed by atoms with E-state index in [1.165, 1.54) is 0 Å². The lowest BCUT2D eigenvalue weighted by Gasteiger charge is -2.43. The molecule has 1 fully saturated rings. The lowest BCUT2D eigenvalue weighted by Crippen LogP contribution is -2.45. The number of benzene rings is 1. The molecule has 2 atom stereocenters. The first-order chi connectivity index (χ1) is 11.6. The molecule has 0 aliphatic carbocycles. The molecule has 0 saturated carbocycles. The number of nitrogens with one attached hydrogen (secondary N) is 1. The maximum atomic E-state index is 15.0. The highest BCUT2D eigenvalue weighted by molar-refractivity contribution is 5.81. The molecule has 0 amide bonds. The van der Waals surface area contributed by atoms with E-state index < -0.39 is 0 Å². The number of piperazine rings is 1. The van der Waals surface area contributed by atoms with Crippen LogP contribution in [0, 0.1) is 5.82 Å². The fourth-order valence-corrected chi connectivity index (χ4v) is 3.91. The third-order valence-corrected chi connectivity index (χ3v) is 5.36. The largest absolute Gasteiger partial charge is 0.487 e. The summed E-state index contributed by atoms with van der Waals surface area (Å²) in [5.41, 5.74) is 3.37. The van der Waals surface area contributed by atoms with Crippen LogP contribution in [0.5, 0.6) is 5.75 Å². The summed E-state index contributed by atoms with van der Waals surface area (Å²) in [5, 5.41) is 13.0. The van der Waals surface area contributed by atoms with Crippen molar-refractivity contribution in [1.29, 1.82) is 0 Å². The topological polar surface area (TPSA) is 48.0 Å². The van der Waals surface area contributed by atoms with Gasteiger partial charge in [0.15, 0.2) is 11.6 Å². The molecule has 0 spiro atoms. The van der Waals surface area contributed by atoms with E-state index in [1.54, 1.807) is 6.07 Å². The third-order valence-electron chi connectivity index (χ3n) is 5.36. The predicted molar refractivity (Wildman–Crippen MR) is 92.5 cm³/mol. The van der Waals surface area contributed by atoms with Gasteiger partial charge >= 0.3 is 0 Å². The van der Waals surface area contributed by atoms with Gasteiger partial charge in [-0.15, -0.1) is 0 Å². The van der Waals surface area contributed by atoms with Gasteiger partial charge in [-0.1, -0.05) is 6.92 Å². The smallest absolute Gasteiger partial charge is 0.169 e. The Balaban J connectivity index is 1.89. The molecule has 1 aromatic carbocycles. The monoisotopic (exact) mass is 333 g/mol. The van der Waals surface area contributed by atoms with Crippen LogP contribution in [0.4, 0.5) is 15.8 Å². The minimum Gasteiger partial charge on any atom is -0.487 e. The summed E-state index contributed by atoms with van der Waals surface area (Å²) in [5.74, 6) is 0.414. The average molecular weight is 333 g/mol. The number of halogens is 1. The summed E-state index contributed by atoms with van der Waals surface area (Å²) >= 11 is 0. The number of hydrogen-bond acceptors (Lipinski definition) is 5. The van der Waals surface area contributed by atoms with Crippen LogP contribution in [-0.4, -0.2) is 50.5 Å². The molecule has 3 aliphatic heterocycles. The van der Waals surface area contributed by atoms with E-state index in [0.29, 0.717) is 18.0 Å². The third kappa shape index (κ3) is 2.28. The van der Waals surface area contributed by atoms with Crippen molar-refractivity contribution < 1.29 is 14.2 Å². The summed E-state index contributed by atoms with van der Waals surface area (Å²) in [7, 11) is 0. The normalized spacial score (nSPS) is 25.9. The van der Waals surface area contributed by atoms with Gasteiger partial charge in [0, 0.05) is 38.3 Å². The van der Waals surface area contributed by atoms with Crippen LogP contribution >= 0.6 is 0 Å². The van der Waals surface area contributed by atoms with Crippen LogP contribution < -0.4 is 19.9 Å². The molecular weight excluding hydrogens is 309 g/mol. The standard InChI is InChI=1S/C18H24FN3O2/c1-11-10-24-18-16-14(12(2)13(9-23)8-22(11)16)7-15(19)17(18)21-5-3-20-4-6-21/h7-8,11-12,20,23H,3-6,9-10H2,1-2H3. The number of aliphatic hydroxyl groups excluding tert-OH is 1. The molecule has 0 aromatic heterocycles. The van der Waals surface area contributed by atoms with Crippen molar-refractivity contribution in [2.75, 3.05) is 49.2 Å². The van der Waals surface area contributed by atoms with Gasteiger partial charge in [-0.2, -0.15) is 0 Å². The fourth-order valence-electron chi connectivity index (χ4n) is 3.91. The second-order valence-corrected chi connectivity index (χ2v) is 6.86. The van der Waals surface area contributed by atoms with E-state index in [9.17, 15) is 5.11 Å². The number of aliphatic hydroxyl groups is 1. The van der Waals surface area contributed by atoms with Gasteiger partial charge in [-0.05, 0) is 24.1 Å². The second-order valence-electron chi connectivity index (χ2n) is 6.86. The van der Waals surface area contributed by atoms with E-state index in [2.05, 4.69) is 22.0 Å². The molecule has 0 bridgehead atoms. The van der Waals surface area contributed by atoms with Gasteiger partial charge in [-0.3, -0.25) is 0 Å². The van der Waals surface area contributed by atoms with E-state index in [1.807, 2.05) is 13.1 Å². The van der Waals surface area contributed by atoms with Crippen molar-refractivity contribution in [1.82, 2.24) is 5.32 Å². The molecule has 5 nitrogen and oxygen atoms in total. The zero-order valence-electron chi connectivity index (χ0n) is 14.2. The van der Waals surface area contributed by atoms with Crippen LogP contribution in [0.3, 0.4) is 0 Å². The van der Waals surface area contributed by atoms with Crippen molar-refractivity contribution in [2.24, 2.45) is 0 Å². The van der Waals surface area contributed by atoms with Crippen LogP contribution in [0.1, 0.15) is 25.3 Å². The highest BCUT2D eigenvalue weighted by atomic mass is 19.1. The van der Waals surface area contributed by atoms with Gasteiger partial charge in [-0.25, -0.2) is 4.39 Å². The molecule has 6 heteroatoms. The van der Waals surface area contributed by atoms with Crippen molar-refractivity contribution in [2.45, 2.75) is 25.8 Å². The Labute approximate surface area is 141 Å². The van der Waals surface area contributed by atoms with Crippen LogP contribution in [-0.2, 0) is 0 Å². The van der Waals surface area contributed by atoms with Crippen LogP contribution in [0.15, 0.2) is 17.8 Å². The Bertz CT molecular complexity index is 685. The van der Waals surface area contributed by atoms with Gasteiger partial charge in [0.05, 0.1) is 18.3 Å². The van der Waals surface area contributed by atoms with E-state index in [-0.39, 0.29) is 24.4 Å². The Hall–Kier alpha value is -1.79. The van der Waals surface area contributed by atoms with Gasteiger partial charge in [0.2, 0.25) is 0 Å². The SMILES string of the molecule is CC1C(CO)=CN2c3c1cc(F)c(N1CCNCC1)c3OCC2C. The van der Waals surface area contributed by atoms with Gasteiger partial charge in [0.25, 0.3) is 0 Å².